The standard InChI is InChI=1S/C15H17BrN2O4/c1-4-5-18-14(19)11(17-15(18)20)6-9-7-12(21-2)13(22-3)8-10(9)16/h6-8H,4-5H2,1-3H3,(H,17,20)/b11-6+. The van der Waals surface area contributed by atoms with E-state index in [2.05, 4.69) is 21.2 Å². The summed E-state index contributed by atoms with van der Waals surface area (Å²) in [5, 5.41) is 2.59. The Labute approximate surface area is 137 Å². The summed E-state index contributed by atoms with van der Waals surface area (Å²) in [6.45, 7) is 2.31. The third kappa shape index (κ3) is 3.09. The summed E-state index contributed by atoms with van der Waals surface area (Å²) in [7, 11) is 3.08. The van der Waals surface area contributed by atoms with Crippen molar-refractivity contribution in [2.75, 3.05) is 20.8 Å². The van der Waals surface area contributed by atoms with Crippen LogP contribution in [0, 0.1) is 0 Å². The molecule has 3 amide bonds. The second-order valence-corrected chi connectivity index (χ2v) is 5.53. The van der Waals surface area contributed by atoms with Crippen molar-refractivity contribution in [3.63, 3.8) is 0 Å². The average molecular weight is 369 g/mol. The molecule has 0 spiro atoms. The summed E-state index contributed by atoms with van der Waals surface area (Å²) in [5.41, 5.74) is 0.950. The molecule has 0 atom stereocenters. The van der Waals surface area contributed by atoms with Crippen molar-refractivity contribution in [1.29, 1.82) is 0 Å². The molecule has 1 fully saturated rings. The van der Waals surface area contributed by atoms with Gasteiger partial charge in [0.25, 0.3) is 5.91 Å². The molecule has 1 saturated heterocycles. The van der Waals surface area contributed by atoms with Crippen LogP contribution in [0.3, 0.4) is 0 Å². The Morgan fingerprint density at radius 3 is 2.45 bits per heavy atom. The lowest BCUT2D eigenvalue weighted by molar-refractivity contribution is -0.122. The molecule has 118 valence electrons. The maximum Gasteiger partial charge on any atom is 0.329 e. The van der Waals surface area contributed by atoms with E-state index in [1.165, 1.54) is 12.0 Å². The van der Waals surface area contributed by atoms with Crippen molar-refractivity contribution in [1.82, 2.24) is 10.2 Å². The molecule has 0 aliphatic carbocycles. The monoisotopic (exact) mass is 368 g/mol. The van der Waals surface area contributed by atoms with Crippen molar-refractivity contribution >= 4 is 33.9 Å². The fraction of sp³-hybridized carbons (Fsp3) is 0.333. The number of rotatable bonds is 5. The number of benzene rings is 1. The molecular formula is C15H17BrN2O4. The number of urea groups is 1. The summed E-state index contributed by atoms with van der Waals surface area (Å²) in [6.07, 6.45) is 2.33. The first-order valence-corrected chi connectivity index (χ1v) is 7.57. The highest BCUT2D eigenvalue weighted by molar-refractivity contribution is 9.10. The second-order valence-electron chi connectivity index (χ2n) is 4.67. The summed E-state index contributed by atoms with van der Waals surface area (Å²) < 4.78 is 11.2. The van der Waals surface area contributed by atoms with Gasteiger partial charge in [0.15, 0.2) is 11.5 Å². The molecule has 1 aromatic rings. The molecular weight excluding hydrogens is 352 g/mol. The Bertz CT molecular complexity index is 643. The molecule has 1 heterocycles. The molecule has 22 heavy (non-hydrogen) atoms. The maximum atomic E-state index is 12.2. The topological polar surface area (TPSA) is 67.9 Å². The molecule has 1 aliphatic heterocycles. The van der Waals surface area contributed by atoms with Gasteiger partial charge in [0.2, 0.25) is 0 Å². The van der Waals surface area contributed by atoms with Crippen LogP contribution < -0.4 is 14.8 Å². The van der Waals surface area contributed by atoms with Crippen LogP contribution in [0.4, 0.5) is 4.79 Å². The summed E-state index contributed by atoms with van der Waals surface area (Å²) in [5.74, 6) is 0.791. The Morgan fingerprint density at radius 1 is 1.23 bits per heavy atom. The van der Waals surface area contributed by atoms with Crippen LogP contribution in [0.2, 0.25) is 0 Å². The molecule has 0 bridgehead atoms. The number of halogens is 1. The summed E-state index contributed by atoms with van der Waals surface area (Å²) in [6, 6.07) is 3.09. The number of nitrogens with one attached hydrogen (secondary N) is 1. The number of carbonyl (C=O) groups is 2. The van der Waals surface area contributed by atoms with Gasteiger partial charge >= 0.3 is 6.03 Å². The van der Waals surface area contributed by atoms with E-state index in [4.69, 9.17) is 9.47 Å². The van der Waals surface area contributed by atoms with E-state index in [-0.39, 0.29) is 11.6 Å². The molecule has 1 N–H and O–H groups in total. The van der Waals surface area contributed by atoms with Crippen molar-refractivity contribution in [2.24, 2.45) is 0 Å². The van der Waals surface area contributed by atoms with Crippen molar-refractivity contribution < 1.29 is 19.1 Å². The number of amides is 3. The Balaban J connectivity index is 2.37. The van der Waals surface area contributed by atoms with E-state index in [1.54, 1.807) is 25.3 Å². The van der Waals surface area contributed by atoms with Crippen molar-refractivity contribution in [3.05, 3.63) is 27.9 Å². The minimum Gasteiger partial charge on any atom is -0.493 e. The van der Waals surface area contributed by atoms with Crippen LogP contribution in [-0.4, -0.2) is 37.6 Å². The van der Waals surface area contributed by atoms with Gasteiger partial charge in [-0.1, -0.05) is 22.9 Å². The normalized spacial score (nSPS) is 16.2. The van der Waals surface area contributed by atoms with Crippen LogP contribution in [0.1, 0.15) is 18.9 Å². The lowest BCUT2D eigenvalue weighted by atomic mass is 10.1. The zero-order chi connectivity index (χ0) is 16.3. The van der Waals surface area contributed by atoms with Crippen LogP contribution in [-0.2, 0) is 4.79 Å². The third-order valence-corrected chi connectivity index (χ3v) is 3.90. The third-order valence-electron chi connectivity index (χ3n) is 3.21. The lowest BCUT2D eigenvalue weighted by Crippen LogP contribution is -2.31. The number of nitrogens with zero attached hydrogens (tertiary/aromatic N) is 1. The molecule has 0 aromatic heterocycles. The zero-order valence-electron chi connectivity index (χ0n) is 12.6. The van der Waals surface area contributed by atoms with Gasteiger partial charge in [-0.2, -0.15) is 0 Å². The smallest absolute Gasteiger partial charge is 0.329 e. The van der Waals surface area contributed by atoms with Crippen LogP contribution in [0.15, 0.2) is 22.3 Å². The minimum atomic E-state index is -0.394. The van der Waals surface area contributed by atoms with Crippen molar-refractivity contribution in [3.8, 4) is 11.5 Å². The average Bonchev–Trinajstić information content (AvgIpc) is 2.76. The first kappa shape index (κ1) is 16.4. The molecule has 1 aliphatic rings. The van der Waals surface area contributed by atoms with Gasteiger partial charge in [-0.3, -0.25) is 9.69 Å². The van der Waals surface area contributed by atoms with Gasteiger partial charge in [0, 0.05) is 11.0 Å². The largest absolute Gasteiger partial charge is 0.493 e. The quantitative estimate of drug-likeness (QED) is 0.640. The minimum absolute atomic E-state index is 0.242. The van der Waals surface area contributed by atoms with E-state index in [0.29, 0.717) is 30.0 Å². The van der Waals surface area contributed by atoms with E-state index >= 15 is 0 Å². The Hall–Kier alpha value is -2.02. The molecule has 0 saturated carbocycles. The first-order chi connectivity index (χ1) is 10.5. The maximum absolute atomic E-state index is 12.2. The van der Waals surface area contributed by atoms with Crippen LogP contribution >= 0.6 is 15.9 Å². The second kappa shape index (κ2) is 6.83. The Morgan fingerprint density at radius 2 is 1.86 bits per heavy atom. The van der Waals surface area contributed by atoms with E-state index in [9.17, 15) is 9.59 Å². The lowest BCUT2D eigenvalue weighted by Gasteiger charge is -2.10. The highest BCUT2D eigenvalue weighted by Crippen LogP contribution is 2.34. The molecule has 2 rings (SSSR count). The van der Waals surface area contributed by atoms with E-state index < -0.39 is 6.03 Å². The van der Waals surface area contributed by atoms with Gasteiger partial charge in [0.05, 0.1) is 14.2 Å². The van der Waals surface area contributed by atoms with Gasteiger partial charge in [-0.05, 0) is 30.2 Å². The van der Waals surface area contributed by atoms with E-state index in [1.807, 2.05) is 6.92 Å². The number of ether oxygens (including phenoxy) is 2. The highest BCUT2D eigenvalue weighted by Gasteiger charge is 2.32. The summed E-state index contributed by atoms with van der Waals surface area (Å²) in [4.78, 5) is 25.2. The van der Waals surface area contributed by atoms with Crippen LogP contribution in [0.25, 0.3) is 6.08 Å². The van der Waals surface area contributed by atoms with Crippen LogP contribution in [0.5, 0.6) is 11.5 Å². The summed E-state index contributed by atoms with van der Waals surface area (Å²) >= 11 is 3.42. The molecule has 0 radical (unpaired) electrons. The Kier molecular flexibility index (Phi) is 5.07. The van der Waals surface area contributed by atoms with Crippen molar-refractivity contribution in [2.45, 2.75) is 13.3 Å². The molecule has 1 aromatic carbocycles. The fourth-order valence-electron chi connectivity index (χ4n) is 2.13. The van der Waals surface area contributed by atoms with Gasteiger partial charge in [0.1, 0.15) is 5.70 Å². The van der Waals surface area contributed by atoms with Gasteiger partial charge in [-0.25, -0.2) is 4.79 Å². The number of hydrogen-bond acceptors (Lipinski definition) is 4. The molecule has 0 unspecified atom stereocenters. The number of hydrogen-bond donors (Lipinski definition) is 1. The predicted molar refractivity (Wildman–Crippen MR) is 85.8 cm³/mol. The SMILES string of the molecule is CCCN1C(=O)N/C(=C/c2cc(OC)c(OC)cc2Br)C1=O. The predicted octanol–water partition coefficient (Wildman–Crippen LogP) is 2.77. The van der Waals surface area contributed by atoms with Gasteiger partial charge in [-0.15, -0.1) is 0 Å². The number of carbonyl (C=O) groups excluding carboxylic acids is 2. The molecule has 7 heteroatoms. The molecule has 6 nitrogen and oxygen atoms in total. The van der Waals surface area contributed by atoms with Gasteiger partial charge < -0.3 is 14.8 Å². The fourth-order valence-corrected chi connectivity index (χ4v) is 2.57. The highest BCUT2D eigenvalue weighted by atomic mass is 79.9. The first-order valence-electron chi connectivity index (χ1n) is 6.77. The number of methoxy groups -OCH3 is 2. The zero-order valence-corrected chi connectivity index (χ0v) is 14.2. The van der Waals surface area contributed by atoms with E-state index in [0.717, 1.165) is 4.47 Å². The number of imide groups is 1.